The zero-order chi connectivity index (χ0) is 35.1. The predicted molar refractivity (Wildman–Crippen MR) is 190 cm³/mol. The van der Waals surface area contributed by atoms with Crippen molar-refractivity contribution in [2.45, 2.75) is 96.3 Å². The van der Waals surface area contributed by atoms with Gasteiger partial charge in [-0.25, -0.2) is 8.78 Å². The number of anilines is 2. The Labute approximate surface area is 288 Å². The summed E-state index contributed by atoms with van der Waals surface area (Å²) in [6.07, 6.45) is 9.05. The van der Waals surface area contributed by atoms with Gasteiger partial charge in [-0.1, -0.05) is 35.9 Å². The number of aromatic nitrogens is 1. The van der Waals surface area contributed by atoms with Gasteiger partial charge in [0.25, 0.3) is 0 Å². The first-order chi connectivity index (χ1) is 23.9. The highest BCUT2D eigenvalue weighted by atomic mass is 19.5. The van der Waals surface area contributed by atoms with E-state index in [1.165, 1.54) is 5.56 Å². The Hall–Kier alpha value is -4.21. The maximum Gasteiger partial charge on any atom is 0.673 e. The Morgan fingerprint density at radius 2 is 0.940 bits per heavy atom. The Morgan fingerprint density at radius 3 is 1.32 bits per heavy atom. The lowest BCUT2D eigenvalue weighted by Crippen LogP contribution is -2.35. The first kappa shape index (κ1) is 33.0. The van der Waals surface area contributed by atoms with Crippen molar-refractivity contribution in [1.82, 2.24) is 0 Å². The summed E-state index contributed by atoms with van der Waals surface area (Å²) in [6.45, 7) is 6.37. The van der Waals surface area contributed by atoms with Crippen LogP contribution in [-0.2, 0) is 0 Å². The third-order valence-electron chi connectivity index (χ3n) is 11.6. The molecule has 9 rings (SSSR count). The number of halogens is 6. The molecule has 0 atom stereocenters. The Morgan fingerprint density at radius 1 is 0.560 bits per heavy atom. The molecule has 0 saturated carbocycles. The third kappa shape index (κ3) is 5.59. The molecule has 5 heterocycles. The van der Waals surface area contributed by atoms with Crippen molar-refractivity contribution < 1.29 is 30.6 Å². The summed E-state index contributed by atoms with van der Waals surface area (Å²) in [4.78, 5) is 4.74. The number of rotatable bonds is 4. The van der Waals surface area contributed by atoms with E-state index in [1.54, 1.807) is 12.1 Å². The number of pyridine rings is 1. The zero-order valence-electron chi connectivity index (χ0n) is 28.5. The third-order valence-corrected chi connectivity index (χ3v) is 11.6. The minimum Gasteiger partial charge on any atom is -0.418 e. The molecule has 260 valence electrons. The van der Waals surface area contributed by atoms with Gasteiger partial charge < -0.3 is 27.1 Å². The molecular formula is C40H40BF6N3. The summed E-state index contributed by atoms with van der Waals surface area (Å²) < 4.78 is 74.4. The molecule has 4 fully saturated rings. The van der Waals surface area contributed by atoms with Crippen LogP contribution in [0.1, 0.15) is 68.1 Å². The molecule has 0 aliphatic carbocycles. The van der Waals surface area contributed by atoms with Crippen molar-refractivity contribution in [1.29, 1.82) is 0 Å². The molecule has 10 heteroatoms. The number of nitrogens with zero attached hydrogens (tertiary/aromatic N) is 3. The summed E-state index contributed by atoms with van der Waals surface area (Å²) >= 11 is 0. The Bertz CT molecular complexity index is 1970. The minimum absolute atomic E-state index is 0.185. The molecule has 4 aliphatic heterocycles. The van der Waals surface area contributed by atoms with Crippen LogP contribution in [0.5, 0.6) is 0 Å². The van der Waals surface area contributed by atoms with Crippen LogP contribution >= 0.6 is 0 Å². The normalized spacial score (nSPS) is 22.6. The quantitative estimate of drug-likeness (QED) is 0.0806. The van der Waals surface area contributed by atoms with Crippen LogP contribution in [0.15, 0.2) is 66.7 Å². The standard InChI is InChI=1S/C40H40F2N3.BF4/c1-23-17-24(2)39(25(3)18-23)40-31-19-33(41)37(43-27-9-10-28(43)12-11-27)21-35(31)45(26-7-5-4-6-8-26)36-22-38(34(42)20-32(36)40)44-29-13-14-30(44)16-15-29;2-1(3,4)5/h4-8,17-22,27-30H,9-16H2,1-3H3;/q+1;-1. The largest absolute Gasteiger partial charge is 0.673 e. The molecule has 0 N–H and O–H groups in total. The maximum atomic E-state index is 16.6. The summed E-state index contributed by atoms with van der Waals surface area (Å²) in [5.41, 5.74) is 9.77. The lowest BCUT2D eigenvalue weighted by atomic mass is 9.88. The van der Waals surface area contributed by atoms with Crippen LogP contribution in [0.2, 0.25) is 0 Å². The van der Waals surface area contributed by atoms with E-state index in [-0.39, 0.29) is 11.6 Å². The number of benzene rings is 4. The average molecular weight is 688 g/mol. The van der Waals surface area contributed by atoms with E-state index >= 15 is 8.78 Å². The first-order valence-corrected chi connectivity index (χ1v) is 17.8. The van der Waals surface area contributed by atoms with Gasteiger partial charge in [0.1, 0.15) is 11.6 Å². The Balaban J connectivity index is 0.000000677. The number of hydrogen-bond donors (Lipinski definition) is 0. The molecule has 1 aromatic heterocycles. The summed E-state index contributed by atoms with van der Waals surface area (Å²) in [5.74, 6) is -0.371. The van der Waals surface area contributed by atoms with Crippen molar-refractivity contribution in [3.63, 3.8) is 0 Å². The van der Waals surface area contributed by atoms with Crippen molar-refractivity contribution in [2.75, 3.05) is 9.80 Å². The second kappa shape index (κ2) is 12.2. The van der Waals surface area contributed by atoms with Crippen LogP contribution in [0.4, 0.5) is 37.4 Å². The van der Waals surface area contributed by atoms with Gasteiger partial charge in [-0.15, -0.1) is 0 Å². The van der Waals surface area contributed by atoms with Crippen LogP contribution in [0.3, 0.4) is 0 Å². The SMILES string of the molecule is Cc1cc(C)c(-c2c3cc(F)c(N4C5CCC4CC5)cc3[n+](-c3ccccc3)c3cc(N4C5CCC4CC5)c(F)cc23)c(C)c1.F[B-](F)(F)F. The monoisotopic (exact) mass is 687 g/mol. The van der Waals surface area contributed by atoms with E-state index in [9.17, 15) is 17.3 Å². The summed E-state index contributed by atoms with van der Waals surface area (Å²) in [5, 5.41) is 1.64. The molecule has 50 heavy (non-hydrogen) atoms. The van der Waals surface area contributed by atoms with Gasteiger partial charge in [-0.3, -0.25) is 0 Å². The minimum atomic E-state index is -6.00. The first-order valence-electron chi connectivity index (χ1n) is 17.8. The molecular weight excluding hydrogens is 647 g/mol. The smallest absolute Gasteiger partial charge is 0.418 e. The van der Waals surface area contributed by atoms with Crippen LogP contribution in [0.25, 0.3) is 38.6 Å². The van der Waals surface area contributed by atoms with Gasteiger partial charge in [-0.2, -0.15) is 4.57 Å². The van der Waals surface area contributed by atoms with Gasteiger partial charge >= 0.3 is 7.25 Å². The van der Waals surface area contributed by atoms with E-state index in [2.05, 4.69) is 83.7 Å². The fraction of sp³-hybridized carbons (Fsp3) is 0.375. The lowest BCUT2D eigenvalue weighted by molar-refractivity contribution is -0.537. The molecule has 5 aromatic rings. The number of para-hydroxylation sites is 1. The van der Waals surface area contributed by atoms with Gasteiger partial charge in [-0.05, 0) is 101 Å². The number of hydrogen-bond acceptors (Lipinski definition) is 2. The number of fused-ring (bicyclic) bond motifs is 6. The molecule has 0 amide bonds. The highest BCUT2D eigenvalue weighted by molar-refractivity contribution is 6.50. The Kier molecular flexibility index (Phi) is 8.07. The molecule has 3 nitrogen and oxygen atoms in total. The molecule has 0 unspecified atom stereocenters. The van der Waals surface area contributed by atoms with Crippen molar-refractivity contribution in [3.05, 3.63) is 95.1 Å². The number of aryl methyl sites for hydroxylation is 3. The molecule has 4 bridgehead atoms. The molecule has 4 aromatic carbocycles. The topological polar surface area (TPSA) is 10.4 Å². The summed E-state index contributed by atoms with van der Waals surface area (Å²) in [6, 6.07) is 24.1. The van der Waals surface area contributed by atoms with Crippen molar-refractivity contribution in [3.8, 4) is 16.8 Å². The van der Waals surface area contributed by atoms with Gasteiger partial charge in [0, 0.05) is 54.0 Å². The summed E-state index contributed by atoms with van der Waals surface area (Å²) in [7, 11) is -6.00. The van der Waals surface area contributed by atoms with E-state index in [4.69, 9.17) is 0 Å². The van der Waals surface area contributed by atoms with E-state index in [0.29, 0.717) is 35.5 Å². The highest BCUT2D eigenvalue weighted by Gasteiger charge is 2.43. The molecule has 4 saturated heterocycles. The van der Waals surface area contributed by atoms with Crippen LogP contribution < -0.4 is 14.4 Å². The second-order valence-electron chi connectivity index (χ2n) is 14.7. The lowest BCUT2D eigenvalue weighted by Gasteiger charge is -2.27. The second-order valence-corrected chi connectivity index (χ2v) is 14.7. The van der Waals surface area contributed by atoms with Crippen LogP contribution in [0, 0.1) is 32.4 Å². The fourth-order valence-electron chi connectivity index (χ4n) is 9.85. The van der Waals surface area contributed by atoms with Crippen LogP contribution in [-0.4, -0.2) is 31.4 Å². The van der Waals surface area contributed by atoms with Gasteiger partial charge in [0.15, 0.2) is 0 Å². The molecule has 4 aliphatic rings. The molecule has 0 spiro atoms. The average Bonchev–Trinajstić information content (AvgIpc) is 3.85. The maximum absolute atomic E-state index is 16.6. The highest BCUT2D eigenvalue weighted by Crippen LogP contribution is 2.47. The fourth-order valence-corrected chi connectivity index (χ4v) is 9.85. The van der Waals surface area contributed by atoms with Crippen molar-refractivity contribution >= 4 is 40.4 Å². The van der Waals surface area contributed by atoms with E-state index in [1.807, 2.05) is 6.07 Å². The van der Waals surface area contributed by atoms with E-state index < -0.39 is 7.25 Å². The predicted octanol–water partition coefficient (Wildman–Crippen LogP) is 10.7. The van der Waals surface area contributed by atoms with Gasteiger partial charge in [0.2, 0.25) is 16.7 Å². The molecule has 0 radical (unpaired) electrons. The zero-order valence-corrected chi connectivity index (χ0v) is 28.5. The van der Waals surface area contributed by atoms with Gasteiger partial charge in [0.05, 0.1) is 22.1 Å². The van der Waals surface area contributed by atoms with E-state index in [0.717, 1.165) is 101 Å². The van der Waals surface area contributed by atoms with Crippen molar-refractivity contribution in [2.24, 2.45) is 0 Å².